The molecule has 28 heavy (non-hydrogen) atoms. The summed E-state index contributed by atoms with van der Waals surface area (Å²) in [5, 5.41) is 2.88. The topological polar surface area (TPSA) is 85.1 Å². The van der Waals surface area contributed by atoms with Gasteiger partial charge in [0.15, 0.2) is 0 Å². The van der Waals surface area contributed by atoms with E-state index in [1.165, 1.54) is 6.08 Å². The third kappa shape index (κ3) is 7.97. The number of nitrogens with one attached hydrogen (secondary N) is 1. The lowest BCUT2D eigenvalue weighted by Crippen LogP contribution is -2.22. The van der Waals surface area contributed by atoms with E-state index in [4.69, 9.17) is 5.73 Å². The first kappa shape index (κ1) is 21.1. The van der Waals surface area contributed by atoms with Crippen LogP contribution in [0.25, 0.3) is 6.08 Å². The lowest BCUT2D eigenvalue weighted by atomic mass is 10.2. The monoisotopic (exact) mass is 437 g/mol. The van der Waals surface area contributed by atoms with E-state index in [1.807, 2.05) is 42.5 Å². The molecule has 2 amide bonds. The van der Waals surface area contributed by atoms with Crippen molar-refractivity contribution >= 4 is 33.8 Å². The average molecular weight is 438 g/mol. The molecular weight excluding hydrogens is 418 g/mol. The molecule has 0 unspecified atom stereocenters. The summed E-state index contributed by atoms with van der Waals surface area (Å²) in [5.41, 5.74) is 7.57. The molecule has 1 aromatic heterocycles. The van der Waals surface area contributed by atoms with Crippen LogP contribution < -0.4 is 11.1 Å². The second-order valence-corrected chi connectivity index (χ2v) is 6.61. The van der Waals surface area contributed by atoms with Crippen LogP contribution in [-0.4, -0.2) is 16.8 Å². The van der Waals surface area contributed by atoms with Gasteiger partial charge in [-0.05, 0) is 53.6 Å². The van der Waals surface area contributed by atoms with Gasteiger partial charge in [-0.25, -0.2) is 0 Å². The number of benzene rings is 2. The minimum absolute atomic E-state index is 0.0504. The number of primary amides is 1. The Labute approximate surface area is 172 Å². The summed E-state index contributed by atoms with van der Waals surface area (Å²) < 4.78 is 1.02. The van der Waals surface area contributed by atoms with E-state index < -0.39 is 5.91 Å². The Balaban J connectivity index is 0.000000221. The zero-order valence-corrected chi connectivity index (χ0v) is 16.7. The number of carbonyl (C=O) groups excluding carboxylic acids is 2. The van der Waals surface area contributed by atoms with Crippen molar-refractivity contribution in [3.63, 3.8) is 0 Å². The van der Waals surface area contributed by atoms with Crippen molar-refractivity contribution in [1.82, 2.24) is 10.3 Å². The number of nitrogens with two attached hydrogens (primary N) is 1. The molecule has 3 rings (SSSR count). The Kier molecular flexibility index (Phi) is 8.62. The van der Waals surface area contributed by atoms with Crippen molar-refractivity contribution in [2.45, 2.75) is 6.54 Å². The van der Waals surface area contributed by atoms with Crippen LogP contribution in [0.3, 0.4) is 0 Å². The maximum atomic E-state index is 11.8. The van der Waals surface area contributed by atoms with Gasteiger partial charge in [0.05, 0.1) is 0 Å². The Morgan fingerprint density at radius 3 is 2.36 bits per heavy atom. The summed E-state index contributed by atoms with van der Waals surface area (Å²) in [4.78, 5) is 25.9. The normalized spacial score (nSPS) is 10.0. The van der Waals surface area contributed by atoms with Crippen LogP contribution in [0.15, 0.2) is 89.7 Å². The summed E-state index contributed by atoms with van der Waals surface area (Å²) in [6.45, 7) is 0.535. The van der Waals surface area contributed by atoms with Gasteiger partial charge in [-0.3, -0.25) is 14.6 Å². The molecule has 6 heteroatoms. The maximum absolute atomic E-state index is 11.8. The van der Waals surface area contributed by atoms with Crippen LogP contribution >= 0.6 is 15.9 Å². The largest absolute Gasteiger partial charge is 0.366 e. The molecule has 0 spiro atoms. The van der Waals surface area contributed by atoms with Crippen LogP contribution in [-0.2, 0) is 11.3 Å². The Hall–Kier alpha value is -3.25. The van der Waals surface area contributed by atoms with Gasteiger partial charge < -0.3 is 11.1 Å². The highest BCUT2D eigenvalue weighted by atomic mass is 79.9. The summed E-state index contributed by atoms with van der Waals surface area (Å²) >= 11 is 3.40. The van der Waals surface area contributed by atoms with Crippen molar-refractivity contribution in [3.8, 4) is 0 Å². The predicted molar refractivity (Wildman–Crippen MR) is 114 cm³/mol. The number of halogens is 1. The summed E-state index contributed by atoms with van der Waals surface area (Å²) in [6.07, 6.45) is 6.26. The van der Waals surface area contributed by atoms with Gasteiger partial charge >= 0.3 is 0 Å². The van der Waals surface area contributed by atoms with Gasteiger partial charge in [0.25, 0.3) is 5.91 Å². The van der Waals surface area contributed by atoms with Gasteiger partial charge in [0.2, 0.25) is 5.91 Å². The van der Waals surface area contributed by atoms with Crippen molar-refractivity contribution < 1.29 is 9.59 Å². The number of hydrogen-bond acceptors (Lipinski definition) is 3. The highest BCUT2D eigenvalue weighted by molar-refractivity contribution is 9.10. The molecular formula is C22H20BrN3O2. The van der Waals surface area contributed by atoms with E-state index in [1.54, 1.807) is 42.7 Å². The van der Waals surface area contributed by atoms with Crippen LogP contribution in [0.5, 0.6) is 0 Å². The number of pyridine rings is 1. The Bertz CT molecular complexity index is 929. The molecule has 3 N–H and O–H groups in total. The fraction of sp³-hybridized carbons (Fsp3) is 0.0455. The molecule has 0 saturated carbocycles. The van der Waals surface area contributed by atoms with Gasteiger partial charge in [-0.1, -0.05) is 46.3 Å². The lowest BCUT2D eigenvalue weighted by molar-refractivity contribution is -0.113. The molecule has 0 bridgehead atoms. The molecule has 0 fully saturated rings. The second kappa shape index (κ2) is 11.5. The third-order valence-corrected chi connectivity index (χ3v) is 4.02. The van der Waals surface area contributed by atoms with Crippen molar-refractivity contribution in [2.24, 2.45) is 5.73 Å². The van der Waals surface area contributed by atoms with Gasteiger partial charge in [0, 0.05) is 35.1 Å². The second-order valence-electron chi connectivity index (χ2n) is 5.69. The number of amides is 2. The molecule has 0 aliphatic carbocycles. The Morgan fingerprint density at radius 2 is 1.71 bits per heavy atom. The minimum atomic E-state index is -0.443. The van der Waals surface area contributed by atoms with E-state index >= 15 is 0 Å². The fourth-order valence-electron chi connectivity index (χ4n) is 2.17. The van der Waals surface area contributed by atoms with E-state index in [-0.39, 0.29) is 5.91 Å². The fourth-order valence-corrected chi connectivity index (χ4v) is 2.62. The molecule has 0 atom stereocenters. The van der Waals surface area contributed by atoms with Crippen LogP contribution in [0, 0.1) is 0 Å². The zero-order valence-electron chi connectivity index (χ0n) is 15.1. The quantitative estimate of drug-likeness (QED) is 0.592. The number of nitrogens with zero attached hydrogens (tertiary/aromatic N) is 1. The minimum Gasteiger partial charge on any atom is -0.366 e. The number of hydrogen-bond donors (Lipinski definition) is 2. The Morgan fingerprint density at radius 1 is 1.00 bits per heavy atom. The average Bonchev–Trinajstić information content (AvgIpc) is 2.72. The predicted octanol–water partition coefficient (Wildman–Crippen LogP) is 3.96. The first-order chi connectivity index (χ1) is 13.5. The summed E-state index contributed by atoms with van der Waals surface area (Å²) in [7, 11) is 0. The first-order valence-electron chi connectivity index (χ1n) is 8.50. The van der Waals surface area contributed by atoms with Gasteiger partial charge in [0.1, 0.15) is 0 Å². The summed E-state index contributed by atoms with van der Waals surface area (Å²) in [5.74, 6) is -0.493. The maximum Gasteiger partial charge on any atom is 0.251 e. The number of rotatable bonds is 5. The van der Waals surface area contributed by atoms with Crippen LogP contribution in [0.2, 0.25) is 0 Å². The molecule has 0 aliphatic heterocycles. The van der Waals surface area contributed by atoms with Gasteiger partial charge in [-0.2, -0.15) is 0 Å². The van der Waals surface area contributed by atoms with Crippen molar-refractivity contribution in [2.75, 3.05) is 0 Å². The van der Waals surface area contributed by atoms with E-state index in [2.05, 4.69) is 26.2 Å². The van der Waals surface area contributed by atoms with E-state index in [0.717, 1.165) is 15.6 Å². The van der Waals surface area contributed by atoms with Crippen molar-refractivity contribution in [3.05, 3.63) is 106 Å². The molecule has 142 valence electrons. The first-order valence-corrected chi connectivity index (χ1v) is 9.29. The smallest absolute Gasteiger partial charge is 0.251 e. The molecule has 3 aromatic rings. The number of carbonyl (C=O) groups is 2. The molecule has 2 aromatic carbocycles. The lowest BCUT2D eigenvalue weighted by Gasteiger charge is -2.05. The third-order valence-electron chi connectivity index (χ3n) is 3.52. The molecule has 5 nitrogen and oxygen atoms in total. The SMILES string of the molecule is NC(=O)/C=C/c1ccncc1.O=C(NCc1cccc(Br)c1)c1ccccc1. The van der Waals surface area contributed by atoms with Crippen molar-refractivity contribution in [1.29, 1.82) is 0 Å². The van der Waals surface area contributed by atoms with E-state index in [9.17, 15) is 9.59 Å². The van der Waals surface area contributed by atoms with Gasteiger partial charge in [-0.15, -0.1) is 0 Å². The molecule has 1 heterocycles. The molecule has 0 radical (unpaired) electrons. The number of aromatic nitrogens is 1. The standard InChI is InChI=1S/C14H12BrNO.C8H8N2O/c15-13-8-4-5-11(9-13)10-16-14(17)12-6-2-1-3-7-12;9-8(11)2-1-7-3-5-10-6-4-7/h1-9H,10H2,(H,16,17);1-6H,(H2,9,11)/b;2-1+. The molecule has 0 saturated heterocycles. The van der Waals surface area contributed by atoms with Crippen LogP contribution in [0.1, 0.15) is 21.5 Å². The summed E-state index contributed by atoms with van der Waals surface area (Å²) in [6, 6.07) is 20.7. The van der Waals surface area contributed by atoms with Crippen LogP contribution in [0.4, 0.5) is 0 Å². The molecule has 0 aliphatic rings. The zero-order chi connectivity index (χ0) is 20.2. The van der Waals surface area contributed by atoms with E-state index in [0.29, 0.717) is 12.1 Å². The highest BCUT2D eigenvalue weighted by Crippen LogP contribution is 2.11. The highest BCUT2D eigenvalue weighted by Gasteiger charge is 2.03.